The van der Waals surface area contributed by atoms with Crippen molar-refractivity contribution in [2.75, 3.05) is 7.11 Å². The number of hydrogen-bond donors (Lipinski definition) is 3. The fraction of sp³-hybridized carbons (Fsp3) is 0.276. The number of carbonyl (C=O) groups is 3. The molecule has 0 saturated heterocycles. The zero-order chi connectivity index (χ0) is 28.8. The number of ether oxygens (including phenoxy) is 1. The molecule has 0 aliphatic rings. The Kier molecular flexibility index (Phi) is 8.93. The predicted octanol–water partition coefficient (Wildman–Crippen LogP) is 3.79. The van der Waals surface area contributed by atoms with Crippen molar-refractivity contribution in [3.8, 4) is 11.1 Å². The van der Waals surface area contributed by atoms with Crippen LogP contribution in [0, 0.1) is 0 Å². The van der Waals surface area contributed by atoms with E-state index in [0.717, 1.165) is 7.11 Å². The Morgan fingerprint density at radius 2 is 1.46 bits per heavy atom. The number of carboxylic acid groups (broad SMARTS) is 1. The van der Waals surface area contributed by atoms with Crippen LogP contribution >= 0.6 is 0 Å². The first-order valence-electron chi connectivity index (χ1n) is 12.2. The third-order valence-corrected chi connectivity index (χ3v) is 7.62. The summed E-state index contributed by atoms with van der Waals surface area (Å²) in [6.07, 6.45) is -0.785. The molecule has 3 N–H and O–H groups in total. The number of hydrogen-bond acceptors (Lipinski definition) is 6. The molecule has 0 radical (unpaired) electrons. The molecule has 0 aliphatic carbocycles. The van der Waals surface area contributed by atoms with E-state index >= 15 is 0 Å². The summed E-state index contributed by atoms with van der Waals surface area (Å²) in [5.74, 6) is -2.85. The first-order chi connectivity index (χ1) is 18.3. The van der Waals surface area contributed by atoms with Crippen LogP contribution in [0.25, 0.3) is 11.1 Å². The summed E-state index contributed by atoms with van der Waals surface area (Å²) >= 11 is 0. The molecule has 0 aliphatic heterocycles. The van der Waals surface area contributed by atoms with Crippen LogP contribution in [0.4, 0.5) is 0 Å². The summed E-state index contributed by atoms with van der Waals surface area (Å²) in [6.45, 7) is 5.24. The summed E-state index contributed by atoms with van der Waals surface area (Å²) in [5.41, 5.74) is -0.747. The van der Waals surface area contributed by atoms with Gasteiger partial charge in [-0.3, -0.25) is 9.59 Å². The molecule has 3 rings (SSSR count). The van der Waals surface area contributed by atoms with Gasteiger partial charge in [-0.05, 0) is 50.1 Å². The number of nitrogens with one attached hydrogen (secondary N) is 2. The van der Waals surface area contributed by atoms with Crippen molar-refractivity contribution in [2.24, 2.45) is 0 Å². The SMILES string of the molecule is COC(=O)C(CC(=O)O)(Cc1ccccc1)NC(=O)c1ccc(-c2ccccc2S(=O)(=O)NC(C)(C)C)cc1. The predicted molar refractivity (Wildman–Crippen MR) is 147 cm³/mol. The third-order valence-electron chi connectivity index (χ3n) is 5.81. The molecule has 9 nitrogen and oxygen atoms in total. The minimum Gasteiger partial charge on any atom is -0.481 e. The van der Waals surface area contributed by atoms with Crippen LogP contribution in [0.5, 0.6) is 0 Å². The maximum atomic E-state index is 13.3. The van der Waals surface area contributed by atoms with E-state index in [2.05, 4.69) is 10.0 Å². The molecular formula is C29H32N2O7S. The lowest BCUT2D eigenvalue weighted by Gasteiger charge is -2.31. The summed E-state index contributed by atoms with van der Waals surface area (Å²) in [4.78, 5) is 37.9. The fourth-order valence-corrected chi connectivity index (χ4v) is 5.88. The molecule has 1 unspecified atom stereocenters. The lowest BCUT2D eigenvalue weighted by molar-refractivity contribution is -0.153. The fourth-order valence-electron chi connectivity index (χ4n) is 4.23. The lowest BCUT2D eigenvalue weighted by atomic mass is 9.86. The number of carboxylic acids is 1. The van der Waals surface area contributed by atoms with Crippen LogP contribution in [0.2, 0.25) is 0 Å². The van der Waals surface area contributed by atoms with Gasteiger partial charge in [0.05, 0.1) is 18.4 Å². The highest BCUT2D eigenvalue weighted by molar-refractivity contribution is 7.89. The number of benzene rings is 3. The number of carbonyl (C=O) groups excluding carboxylic acids is 2. The van der Waals surface area contributed by atoms with Crippen LogP contribution in [-0.4, -0.2) is 49.6 Å². The Morgan fingerprint density at radius 1 is 0.872 bits per heavy atom. The quantitative estimate of drug-likeness (QED) is 0.325. The van der Waals surface area contributed by atoms with Gasteiger partial charge < -0.3 is 15.2 Å². The summed E-state index contributed by atoms with van der Waals surface area (Å²) in [7, 11) is -2.71. The van der Waals surface area contributed by atoms with Gasteiger partial charge in [0.15, 0.2) is 5.54 Å². The van der Waals surface area contributed by atoms with Crippen LogP contribution in [-0.2, 0) is 30.8 Å². The van der Waals surface area contributed by atoms with Crippen molar-refractivity contribution in [2.45, 2.75) is 49.6 Å². The molecule has 0 aromatic heterocycles. The van der Waals surface area contributed by atoms with Crippen molar-refractivity contribution in [3.63, 3.8) is 0 Å². The van der Waals surface area contributed by atoms with Gasteiger partial charge in [-0.2, -0.15) is 0 Å². The minimum atomic E-state index is -3.84. The Balaban J connectivity index is 1.95. The molecule has 0 fully saturated rings. The van der Waals surface area contributed by atoms with Crippen molar-refractivity contribution in [1.29, 1.82) is 0 Å². The zero-order valence-electron chi connectivity index (χ0n) is 22.2. The number of esters is 1. The van der Waals surface area contributed by atoms with Gasteiger partial charge in [0, 0.05) is 23.1 Å². The highest BCUT2D eigenvalue weighted by Crippen LogP contribution is 2.29. The zero-order valence-corrected chi connectivity index (χ0v) is 23.0. The van der Waals surface area contributed by atoms with E-state index in [1.54, 1.807) is 81.4 Å². The number of amides is 1. The molecule has 10 heteroatoms. The van der Waals surface area contributed by atoms with E-state index in [9.17, 15) is 27.9 Å². The van der Waals surface area contributed by atoms with E-state index in [1.165, 1.54) is 18.2 Å². The summed E-state index contributed by atoms with van der Waals surface area (Å²) in [6, 6.07) is 21.4. The largest absolute Gasteiger partial charge is 0.481 e. The van der Waals surface area contributed by atoms with Crippen molar-refractivity contribution < 1.29 is 32.6 Å². The third kappa shape index (κ3) is 7.52. The molecule has 0 spiro atoms. The van der Waals surface area contributed by atoms with Gasteiger partial charge in [-0.1, -0.05) is 60.7 Å². The topological polar surface area (TPSA) is 139 Å². The van der Waals surface area contributed by atoms with Crippen molar-refractivity contribution in [1.82, 2.24) is 10.0 Å². The van der Waals surface area contributed by atoms with E-state index in [4.69, 9.17) is 4.74 Å². The molecule has 3 aromatic carbocycles. The number of sulfonamides is 1. The Bertz CT molecular complexity index is 1450. The number of rotatable bonds is 10. The lowest BCUT2D eigenvalue weighted by Crippen LogP contribution is -2.57. The maximum Gasteiger partial charge on any atom is 0.332 e. The first-order valence-corrected chi connectivity index (χ1v) is 13.6. The number of methoxy groups -OCH3 is 1. The van der Waals surface area contributed by atoms with Gasteiger partial charge in [-0.15, -0.1) is 0 Å². The smallest absolute Gasteiger partial charge is 0.332 e. The van der Waals surface area contributed by atoms with E-state index in [0.29, 0.717) is 16.7 Å². The molecular weight excluding hydrogens is 520 g/mol. The van der Waals surface area contributed by atoms with Gasteiger partial charge in [0.25, 0.3) is 5.91 Å². The van der Waals surface area contributed by atoms with Crippen LogP contribution in [0.15, 0.2) is 83.8 Å². The molecule has 0 heterocycles. The number of aliphatic carboxylic acids is 1. The monoisotopic (exact) mass is 552 g/mol. The van der Waals surface area contributed by atoms with Gasteiger partial charge in [0.2, 0.25) is 10.0 Å². The summed E-state index contributed by atoms with van der Waals surface area (Å²) < 4.78 is 33.6. The first kappa shape index (κ1) is 29.5. The average molecular weight is 553 g/mol. The second kappa shape index (κ2) is 11.8. The normalized spacial score (nSPS) is 13.2. The molecule has 1 amide bonds. The Labute approximate surface area is 228 Å². The van der Waals surface area contributed by atoms with E-state index < -0.39 is 45.4 Å². The van der Waals surface area contributed by atoms with Crippen LogP contribution < -0.4 is 10.0 Å². The van der Waals surface area contributed by atoms with Gasteiger partial charge in [-0.25, -0.2) is 17.9 Å². The second-order valence-electron chi connectivity index (χ2n) is 10.2. The average Bonchev–Trinajstić information content (AvgIpc) is 2.87. The molecule has 0 bridgehead atoms. The van der Waals surface area contributed by atoms with Crippen molar-refractivity contribution >= 4 is 27.9 Å². The highest BCUT2D eigenvalue weighted by atomic mass is 32.2. The second-order valence-corrected chi connectivity index (χ2v) is 11.8. The van der Waals surface area contributed by atoms with E-state index in [-0.39, 0.29) is 16.9 Å². The minimum absolute atomic E-state index is 0.0890. The maximum absolute atomic E-state index is 13.3. The molecule has 1 atom stereocenters. The van der Waals surface area contributed by atoms with Crippen LogP contribution in [0.1, 0.15) is 43.1 Å². The molecule has 3 aromatic rings. The summed E-state index contributed by atoms with van der Waals surface area (Å²) in [5, 5.41) is 12.2. The standard InChI is InChI=1S/C29H32N2O7S/c1-28(2,3)31-39(36,37)24-13-9-8-12-23(24)21-14-16-22(17-15-21)26(34)30-29(19-25(32)33,27(35)38-4)18-20-10-6-5-7-11-20/h5-17,31H,18-19H2,1-4H3,(H,30,34)(H,32,33). The Morgan fingerprint density at radius 3 is 2.03 bits per heavy atom. The molecule has 39 heavy (non-hydrogen) atoms. The van der Waals surface area contributed by atoms with Crippen LogP contribution in [0.3, 0.4) is 0 Å². The Hall–Kier alpha value is -4.02. The van der Waals surface area contributed by atoms with E-state index in [1.807, 2.05) is 0 Å². The van der Waals surface area contributed by atoms with Gasteiger partial charge in [0.1, 0.15) is 0 Å². The highest BCUT2D eigenvalue weighted by Gasteiger charge is 2.43. The molecule has 206 valence electrons. The molecule has 0 saturated carbocycles. The van der Waals surface area contributed by atoms with Crippen molar-refractivity contribution in [3.05, 3.63) is 90.0 Å². The van der Waals surface area contributed by atoms with Gasteiger partial charge >= 0.3 is 11.9 Å².